The number of carbonyl (C=O) groups is 2. The van der Waals surface area contributed by atoms with Gasteiger partial charge in [-0.3, -0.25) is 9.59 Å². The molecule has 0 bridgehead atoms. The summed E-state index contributed by atoms with van der Waals surface area (Å²) in [6, 6.07) is 0. The van der Waals surface area contributed by atoms with Gasteiger partial charge in [0.1, 0.15) is 0 Å². The van der Waals surface area contributed by atoms with E-state index in [9.17, 15) is 9.59 Å². The summed E-state index contributed by atoms with van der Waals surface area (Å²) in [5.41, 5.74) is 0. The van der Waals surface area contributed by atoms with Crippen LogP contribution in [0.3, 0.4) is 0 Å². The first kappa shape index (κ1) is 18.1. The number of hydrogen-bond donors (Lipinski definition) is 0. The Morgan fingerprint density at radius 1 is 0.737 bits per heavy atom. The summed E-state index contributed by atoms with van der Waals surface area (Å²) in [5, 5.41) is 0. The van der Waals surface area contributed by atoms with Crippen molar-refractivity contribution in [2.75, 3.05) is 0 Å². The minimum Gasteiger partial charge on any atom is -0.295 e. The highest BCUT2D eigenvalue weighted by atomic mass is 16.1. The molecule has 0 spiro atoms. The molecular formula is C17H30O2. The van der Waals surface area contributed by atoms with Crippen LogP contribution in [0, 0.1) is 0 Å². The topological polar surface area (TPSA) is 34.1 Å². The van der Waals surface area contributed by atoms with Gasteiger partial charge < -0.3 is 0 Å². The van der Waals surface area contributed by atoms with Crippen molar-refractivity contribution in [3.8, 4) is 0 Å². The van der Waals surface area contributed by atoms with Crippen LogP contribution >= 0.6 is 0 Å². The summed E-state index contributed by atoms with van der Waals surface area (Å²) < 4.78 is 0. The van der Waals surface area contributed by atoms with Crippen molar-refractivity contribution in [2.24, 2.45) is 0 Å². The van der Waals surface area contributed by atoms with Crippen LogP contribution < -0.4 is 0 Å². The van der Waals surface area contributed by atoms with Crippen molar-refractivity contribution in [1.82, 2.24) is 0 Å². The molecule has 2 heteroatoms. The Bertz CT molecular complexity index is 266. The van der Waals surface area contributed by atoms with Crippen molar-refractivity contribution in [3.63, 3.8) is 0 Å². The van der Waals surface area contributed by atoms with Crippen LogP contribution in [-0.4, -0.2) is 11.6 Å². The third-order valence-electron chi connectivity index (χ3n) is 3.28. The normalized spacial score (nSPS) is 11.1. The van der Waals surface area contributed by atoms with Crippen molar-refractivity contribution >= 4 is 11.6 Å². The van der Waals surface area contributed by atoms with Gasteiger partial charge in [0.15, 0.2) is 11.6 Å². The van der Waals surface area contributed by atoms with Gasteiger partial charge in [0.05, 0.1) is 0 Å². The number of rotatable bonds is 13. The first-order valence-corrected chi connectivity index (χ1v) is 7.88. The molecule has 0 aliphatic carbocycles. The van der Waals surface area contributed by atoms with E-state index in [1.165, 1.54) is 70.4 Å². The average molecular weight is 266 g/mol. The zero-order chi connectivity index (χ0) is 14.3. The molecule has 2 nitrogen and oxygen atoms in total. The molecule has 0 radical (unpaired) electrons. The highest BCUT2D eigenvalue weighted by Crippen LogP contribution is 2.11. The maximum atomic E-state index is 11.3. The minimum atomic E-state index is -0.0589. The van der Waals surface area contributed by atoms with E-state index in [1.807, 2.05) is 0 Å². The van der Waals surface area contributed by atoms with Crippen molar-refractivity contribution in [3.05, 3.63) is 12.2 Å². The van der Waals surface area contributed by atoms with E-state index in [2.05, 4.69) is 6.92 Å². The largest absolute Gasteiger partial charge is 0.295 e. The molecule has 0 aromatic carbocycles. The molecule has 0 amide bonds. The van der Waals surface area contributed by atoms with Gasteiger partial charge in [0.2, 0.25) is 0 Å². The molecule has 0 rings (SSSR count). The van der Waals surface area contributed by atoms with E-state index in [4.69, 9.17) is 0 Å². The zero-order valence-electron chi connectivity index (χ0n) is 12.7. The van der Waals surface area contributed by atoms with Crippen LogP contribution in [0.2, 0.25) is 0 Å². The quantitative estimate of drug-likeness (QED) is 0.347. The van der Waals surface area contributed by atoms with Crippen molar-refractivity contribution < 1.29 is 9.59 Å². The van der Waals surface area contributed by atoms with Crippen LogP contribution in [0.1, 0.15) is 84.5 Å². The second-order valence-corrected chi connectivity index (χ2v) is 5.34. The van der Waals surface area contributed by atoms with Gasteiger partial charge in [0.25, 0.3) is 0 Å². The molecule has 0 aromatic heterocycles. The van der Waals surface area contributed by atoms with Gasteiger partial charge in [-0.05, 0) is 25.5 Å². The molecule has 0 saturated carbocycles. The second kappa shape index (κ2) is 13.5. The molecule has 19 heavy (non-hydrogen) atoms. The van der Waals surface area contributed by atoms with E-state index < -0.39 is 0 Å². The number of hydrogen-bond acceptors (Lipinski definition) is 2. The molecule has 0 atom stereocenters. The highest BCUT2D eigenvalue weighted by Gasteiger charge is 1.97. The summed E-state index contributed by atoms with van der Waals surface area (Å²) in [7, 11) is 0. The predicted octanol–water partition coefficient (Wildman–Crippen LogP) is 5.01. The molecular weight excluding hydrogens is 236 g/mol. The van der Waals surface area contributed by atoms with Gasteiger partial charge in [-0.15, -0.1) is 0 Å². The van der Waals surface area contributed by atoms with Crippen molar-refractivity contribution in [2.45, 2.75) is 84.5 Å². The van der Waals surface area contributed by atoms with E-state index in [0.717, 1.165) is 12.8 Å². The standard InChI is InChI=1S/C17H30O2/c1-3-4-5-6-7-8-9-10-11-12-13-17(19)15-14-16(2)18/h14-15H,3-13H2,1-2H3. The number of ketones is 2. The summed E-state index contributed by atoms with van der Waals surface area (Å²) in [6.45, 7) is 3.71. The first-order chi connectivity index (χ1) is 9.16. The van der Waals surface area contributed by atoms with Gasteiger partial charge in [-0.25, -0.2) is 0 Å². The summed E-state index contributed by atoms with van der Waals surface area (Å²) in [4.78, 5) is 22.0. The molecule has 0 aliphatic rings. The van der Waals surface area contributed by atoms with Crippen LogP contribution in [-0.2, 0) is 9.59 Å². The average Bonchev–Trinajstić information content (AvgIpc) is 2.38. The fraction of sp³-hybridized carbons (Fsp3) is 0.765. The Morgan fingerprint density at radius 3 is 1.68 bits per heavy atom. The summed E-state index contributed by atoms with van der Waals surface area (Å²) >= 11 is 0. The van der Waals surface area contributed by atoms with Gasteiger partial charge >= 0.3 is 0 Å². The maximum absolute atomic E-state index is 11.3. The molecule has 0 saturated heterocycles. The Morgan fingerprint density at radius 2 is 1.21 bits per heavy atom. The fourth-order valence-electron chi connectivity index (χ4n) is 2.08. The number of unbranched alkanes of at least 4 members (excludes halogenated alkanes) is 9. The SMILES string of the molecule is CCCCCCCCCCCCC(=O)C=CC(C)=O. The molecule has 0 heterocycles. The lowest BCUT2D eigenvalue weighted by Gasteiger charge is -2.01. The Kier molecular flexibility index (Phi) is 12.9. The predicted molar refractivity (Wildman–Crippen MR) is 81.3 cm³/mol. The van der Waals surface area contributed by atoms with Crippen LogP contribution in [0.5, 0.6) is 0 Å². The molecule has 0 N–H and O–H groups in total. The smallest absolute Gasteiger partial charge is 0.155 e. The lowest BCUT2D eigenvalue weighted by molar-refractivity contribution is -0.116. The van der Waals surface area contributed by atoms with Gasteiger partial charge in [-0.2, -0.15) is 0 Å². The van der Waals surface area contributed by atoms with E-state index in [1.54, 1.807) is 0 Å². The molecule has 0 fully saturated rings. The molecule has 0 aromatic rings. The minimum absolute atomic E-state index is 0.0589. The fourth-order valence-corrected chi connectivity index (χ4v) is 2.08. The highest BCUT2D eigenvalue weighted by molar-refractivity contribution is 5.97. The van der Waals surface area contributed by atoms with Gasteiger partial charge in [0, 0.05) is 6.42 Å². The third kappa shape index (κ3) is 15.0. The Labute approximate surface area is 118 Å². The molecule has 0 aliphatic heterocycles. The van der Waals surface area contributed by atoms with Crippen molar-refractivity contribution in [1.29, 1.82) is 0 Å². The molecule has 110 valence electrons. The number of allylic oxidation sites excluding steroid dienone is 2. The van der Waals surface area contributed by atoms with Crippen LogP contribution in [0.15, 0.2) is 12.2 Å². The van der Waals surface area contributed by atoms with Gasteiger partial charge in [-0.1, -0.05) is 64.7 Å². The van der Waals surface area contributed by atoms with E-state index in [0.29, 0.717) is 6.42 Å². The number of carbonyl (C=O) groups excluding carboxylic acids is 2. The summed E-state index contributed by atoms with van der Waals surface area (Å²) in [6.07, 6.45) is 16.1. The maximum Gasteiger partial charge on any atom is 0.155 e. The Balaban J connectivity index is 3.22. The third-order valence-corrected chi connectivity index (χ3v) is 3.28. The molecule has 0 unspecified atom stereocenters. The van der Waals surface area contributed by atoms with E-state index >= 15 is 0 Å². The zero-order valence-corrected chi connectivity index (χ0v) is 12.7. The lowest BCUT2D eigenvalue weighted by Crippen LogP contribution is -1.94. The lowest BCUT2D eigenvalue weighted by atomic mass is 10.0. The second-order valence-electron chi connectivity index (χ2n) is 5.34. The first-order valence-electron chi connectivity index (χ1n) is 7.88. The monoisotopic (exact) mass is 266 g/mol. The Hall–Kier alpha value is -0.920. The van der Waals surface area contributed by atoms with Crippen LogP contribution in [0.4, 0.5) is 0 Å². The summed E-state index contributed by atoms with van der Waals surface area (Å²) in [5.74, 6) is 0.0196. The van der Waals surface area contributed by atoms with E-state index in [-0.39, 0.29) is 11.6 Å². The van der Waals surface area contributed by atoms with Crippen LogP contribution in [0.25, 0.3) is 0 Å².